The summed E-state index contributed by atoms with van der Waals surface area (Å²) < 4.78 is 45.0. The number of nitrogens with one attached hydrogen (secondary N) is 1. The lowest BCUT2D eigenvalue weighted by atomic mass is 10.3. The maximum absolute atomic E-state index is 13.6. The van der Waals surface area contributed by atoms with Crippen LogP contribution in [0.1, 0.15) is 6.92 Å². The highest BCUT2D eigenvalue weighted by Gasteiger charge is 2.16. The van der Waals surface area contributed by atoms with Gasteiger partial charge in [0.1, 0.15) is 4.21 Å². The average Bonchev–Trinajstić information content (AvgIpc) is 2.87. The Hall–Kier alpha value is -1.60. The molecule has 1 aromatic heterocycles. The summed E-state index contributed by atoms with van der Waals surface area (Å²) in [5, 5.41) is 1.66. The van der Waals surface area contributed by atoms with Crippen molar-refractivity contribution in [2.75, 3.05) is 11.3 Å². The molecule has 0 saturated heterocycles. The van der Waals surface area contributed by atoms with Gasteiger partial charge in [0.15, 0.2) is 11.6 Å². The van der Waals surface area contributed by atoms with Crippen molar-refractivity contribution in [3.63, 3.8) is 0 Å². The summed E-state index contributed by atoms with van der Waals surface area (Å²) in [6.45, 7) is 2.09. The lowest BCUT2D eigenvalue weighted by molar-refractivity contribution is 0.321. The molecule has 4 nitrogen and oxygen atoms in total. The molecule has 102 valence electrons. The molecule has 2 rings (SSSR count). The normalized spacial score (nSPS) is 11.3. The third-order valence-electron chi connectivity index (χ3n) is 2.24. The molecule has 19 heavy (non-hydrogen) atoms. The molecule has 2 aromatic rings. The quantitative estimate of drug-likeness (QED) is 0.923. The van der Waals surface area contributed by atoms with Crippen LogP contribution in [0.4, 0.5) is 10.1 Å². The number of anilines is 1. The number of hydrogen-bond acceptors (Lipinski definition) is 4. The van der Waals surface area contributed by atoms with Crippen molar-refractivity contribution in [3.05, 3.63) is 41.5 Å². The van der Waals surface area contributed by atoms with Crippen molar-refractivity contribution in [3.8, 4) is 5.75 Å². The Labute approximate surface area is 114 Å². The average molecular weight is 301 g/mol. The molecule has 0 atom stereocenters. The van der Waals surface area contributed by atoms with Crippen LogP contribution in [-0.4, -0.2) is 15.0 Å². The summed E-state index contributed by atoms with van der Waals surface area (Å²) in [6.07, 6.45) is 0. The van der Waals surface area contributed by atoms with Gasteiger partial charge >= 0.3 is 0 Å². The van der Waals surface area contributed by atoms with Crippen molar-refractivity contribution in [2.45, 2.75) is 11.1 Å². The van der Waals surface area contributed by atoms with Gasteiger partial charge in [-0.05, 0) is 30.5 Å². The van der Waals surface area contributed by atoms with Crippen molar-refractivity contribution in [1.82, 2.24) is 0 Å². The summed E-state index contributed by atoms with van der Waals surface area (Å²) in [6, 6.07) is 7.07. The van der Waals surface area contributed by atoms with Gasteiger partial charge in [-0.1, -0.05) is 6.07 Å². The van der Waals surface area contributed by atoms with E-state index in [1.54, 1.807) is 18.4 Å². The van der Waals surface area contributed by atoms with Gasteiger partial charge in [-0.25, -0.2) is 12.8 Å². The molecule has 0 bridgehead atoms. The van der Waals surface area contributed by atoms with Crippen LogP contribution in [0.3, 0.4) is 0 Å². The van der Waals surface area contributed by atoms with E-state index in [1.807, 2.05) is 0 Å². The van der Waals surface area contributed by atoms with Gasteiger partial charge in [0.25, 0.3) is 10.0 Å². The Morgan fingerprint density at radius 1 is 1.37 bits per heavy atom. The van der Waals surface area contributed by atoms with Gasteiger partial charge in [-0.3, -0.25) is 4.72 Å². The molecular formula is C12H12FNO3S2. The Bertz CT molecular complexity index is 654. The standard InChI is InChI=1S/C12H12FNO3S2/c1-2-17-11-6-5-9(8-10(11)13)14-19(15,16)12-4-3-7-18-12/h3-8,14H,2H2,1H3. The van der Waals surface area contributed by atoms with Crippen LogP contribution >= 0.6 is 11.3 Å². The molecule has 0 unspecified atom stereocenters. The highest BCUT2D eigenvalue weighted by Crippen LogP contribution is 2.24. The third-order valence-corrected chi connectivity index (χ3v) is 5.02. The molecule has 0 aliphatic heterocycles. The van der Waals surface area contributed by atoms with Gasteiger partial charge in [0.2, 0.25) is 0 Å². The first-order valence-corrected chi connectivity index (χ1v) is 7.88. The molecule has 1 aromatic carbocycles. The number of thiophene rings is 1. The van der Waals surface area contributed by atoms with Crippen LogP contribution in [0.25, 0.3) is 0 Å². The number of ether oxygens (including phenoxy) is 1. The van der Waals surface area contributed by atoms with Gasteiger partial charge in [-0.15, -0.1) is 11.3 Å². The first-order valence-electron chi connectivity index (χ1n) is 5.51. The second kappa shape index (κ2) is 5.58. The monoisotopic (exact) mass is 301 g/mol. The van der Waals surface area contributed by atoms with E-state index in [2.05, 4.69) is 4.72 Å². The van der Waals surface area contributed by atoms with Crippen LogP contribution < -0.4 is 9.46 Å². The molecule has 0 aliphatic rings. The van der Waals surface area contributed by atoms with Crippen LogP contribution in [-0.2, 0) is 10.0 Å². The fourth-order valence-electron chi connectivity index (χ4n) is 1.46. The van der Waals surface area contributed by atoms with Crippen molar-refractivity contribution < 1.29 is 17.5 Å². The van der Waals surface area contributed by atoms with Gasteiger partial charge < -0.3 is 4.74 Å². The number of halogens is 1. The summed E-state index contributed by atoms with van der Waals surface area (Å²) >= 11 is 1.10. The lowest BCUT2D eigenvalue weighted by Crippen LogP contribution is -2.11. The van der Waals surface area contributed by atoms with Crippen molar-refractivity contribution in [1.29, 1.82) is 0 Å². The minimum Gasteiger partial charge on any atom is -0.491 e. The highest BCUT2D eigenvalue weighted by molar-refractivity contribution is 7.94. The van der Waals surface area contributed by atoms with E-state index >= 15 is 0 Å². The van der Waals surface area contributed by atoms with E-state index < -0.39 is 15.8 Å². The molecule has 0 fully saturated rings. The van der Waals surface area contributed by atoms with Crippen LogP contribution in [0.5, 0.6) is 5.75 Å². The zero-order valence-electron chi connectivity index (χ0n) is 10.1. The van der Waals surface area contributed by atoms with E-state index in [4.69, 9.17) is 4.74 Å². The summed E-state index contributed by atoms with van der Waals surface area (Å²) in [5.74, 6) is -0.505. The van der Waals surface area contributed by atoms with Gasteiger partial charge in [0, 0.05) is 6.07 Å². The Morgan fingerprint density at radius 2 is 2.16 bits per heavy atom. The van der Waals surface area contributed by atoms with Crippen LogP contribution in [0.15, 0.2) is 39.9 Å². The molecule has 0 aliphatic carbocycles. The predicted octanol–water partition coefficient (Wildman–Crippen LogP) is 3.09. The number of rotatable bonds is 5. The molecule has 1 N–H and O–H groups in total. The highest BCUT2D eigenvalue weighted by atomic mass is 32.2. The molecule has 7 heteroatoms. The first kappa shape index (κ1) is 13.8. The second-order valence-electron chi connectivity index (χ2n) is 3.62. The Kier molecular flexibility index (Phi) is 4.06. The van der Waals surface area contributed by atoms with E-state index in [1.165, 1.54) is 18.2 Å². The lowest BCUT2D eigenvalue weighted by Gasteiger charge is -2.09. The topological polar surface area (TPSA) is 55.4 Å². The first-order chi connectivity index (χ1) is 9.03. The Morgan fingerprint density at radius 3 is 2.74 bits per heavy atom. The van der Waals surface area contributed by atoms with Gasteiger partial charge in [-0.2, -0.15) is 0 Å². The molecular weight excluding hydrogens is 289 g/mol. The number of hydrogen-bond donors (Lipinski definition) is 1. The fraction of sp³-hybridized carbons (Fsp3) is 0.167. The third kappa shape index (κ3) is 3.24. The summed E-state index contributed by atoms with van der Waals surface area (Å²) in [7, 11) is -3.65. The summed E-state index contributed by atoms with van der Waals surface area (Å²) in [4.78, 5) is 0. The van der Waals surface area contributed by atoms with Crippen LogP contribution in [0.2, 0.25) is 0 Å². The maximum Gasteiger partial charge on any atom is 0.271 e. The van der Waals surface area contributed by atoms with Crippen molar-refractivity contribution in [2.24, 2.45) is 0 Å². The largest absolute Gasteiger partial charge is 0.491 e. The Balaban J connectivity index is 2.23. The molecule has 0 spiro atoms. The maximum atomic E-state index is 13.6. The van der Waals surface area contributed by atoms with E-state index in [-0.39, 0.29) is 15.6 Å². The zero-order chi connectivity index (χ0) is 13.9. The fourth-order valence-corrected chi connectivity index (χ4v) is 3.50. The van der Waals surface area contributed by atoms with Crippen LogP contribution in [0, 0.1) is 5.82 Å². The number of sulfonamides is 1. The predicted molar refractivity (Wildman–Crippen MR) is 72.7 cm³/mol. The zero-order valence-corrected chi connectivity index (χ0v) is 11.7. The molecule has 1 heterocycles. The number of benzene rings is 1. The van der Waals surface area contributed by atoms with E-state index in [9.17, 15) is 12.8 Å². The minimum atomic E-state index is -3.65. The molecule has 0 radical (unpaired) electrons. The minimum absolute atomic E-state index is 0.0987. The summed E-state index contributed by atoms with van der Waals surface area (Å²) in [5.41, 5.74) is 0.161. The van der Waals surface area contributed by atoms with E-state index in [0.717, 1.165) is 17.4 Å². The SMILES string of the molecule is CCOc1ccc(NS(=O)(=O)c2cccs2)cc1F. The van der Waals surface area contributed by atoms with Crippen molar-refractivity contribution >= 4 is 27.0 Å². The van der Waals surface area contributed by atoms with Gasteiger partial charge in [0.05, 0.1) is 12.3 Å². The molecule has 0 amide bonds. The molecule has 0 saturated carbocycles. The van der Waals surface area contributed by atoms with E-state index in [0.29, 0.717) is 6.61 Å². The smallest absolute Gasteiger partial charge is 0.271 e. The second-order valence-corrected chi connectivity index (χ2v) is 6.47.